The van der Waals surface area contributed by atoms with Crippen molar-refractivity contribution in [2.75, 3.05) is 13.1 Å². The van der Waals surface area contributed by atoms with Crippen LogP contribution in [0, 0.1) is 12.8 Å². The third kappa shape index (κ3) is 4.52. The SMILES string of the molecule is Cc1nn(-c2ccccc2)c(Cl)c1/C=C/C(=O)NCCNC(=O)C1CC1. The fraction of sp³-hybridized carbons (Fsp3) is 0.316. The minimum absolute atomic E-state index is 0.0746. The zero-order valence-electron chi connectivity index (χ0n) is 14.5. The van der Waals surface area contributed by atoms with Gasteiger partial charge in [-0.2, -0.15) is 5.10 Å². The summed E-state index contributed by atoms with van der Waals surface area (Å²) in [6, 6.07) is 9.57. The first-order chi connectivity index (χ1) is 12.6. The van der Waals surface area contributed by atoms with Crippen molar-refractivity contribution in [1.29, 1.82) is 0 Å². The normalized spacial score (nSPS) is 13.8. The Kier molecular flexibility index (Phi) is 5.73. The van der Waals surface area contributed by atoms with Crippen LogP contribution in [-0.2, 0) is 9.59 Å². The zero-order valence-corrected chi connectivity index (χ0v) is 15.3. The molecule has 1 aliphatic rings. The van der Waals surface area contributed by atoms with E-state index in [4.69, 9.17) is 11.6 Å². The molecule has 0 aliphatic heterocycles. The highest BCUT2D eigenvalue weighted by Gasteiger charge is 2.28. The van der Waals surface area contributed by atoms with Crippen molar-refractivity contribution >= 4 is 29.5 Å². The number of para-hydroxylation sites is 1. The summed E-state index contributed by atoms with van der Waals surface area (Å²) in [5, 5.41) is 10.4. The summed E-state index contributed by atoms with van der Waals surface area (Å²) < 4.78 is 1.64. The van der Waals surface area contributed by atoms with Crippen molar-refractivity contribution < 1.29 is 9.59 Å². The van der Waals surface area contributed by atoms with E-state index in [1.165, 1.54) is 6.08 Å². The molecule has 1 fully saturated rings. The van der Waals surface area contributed by atoms with Crippen molar-refractivity contribution in [3.63, 3.8) is 0 Å². The van der Waals surface area contributed by atoms with Gasteiger partial charge in [0.25, 0.3) is 0 Å². The number of halogens is 1. The molecule has 1 saturated carbocycles. The largest absolute Gasteiger partial charge is 0.354 e. The Morgan fingerprint density at radius 3 is 2.62 bits per heavy atom. The molecule has 0 radical (unpaired) electrons. The molecule has 136 valence electrons. The third-order valence-electron chi connectivity index (χ3n) is 4.12. The molecule has 0 bridgehead atoms. The number of benzene rings is 1. The number of rotatable bonds is 7. The number of aromatic nitrogens is 2. The van der Waals surface area contributed by atoms with Gasteiger partial charge in [0.15, 0.2) is 0 Å². The highest BCUT2D eigenvalue weighted by molar-refractivity contribution is 6.31. The van der Waals surface area contributed by atoms with Crippen LogP contribution < -0.4 is 10.6 Å². The summed E-state index contributed by atoms with van der Waals surface area (Å²) in [5.74, 6) is 0.0102. The van der Waals surface area contributed by atoms with Crippen LogP contribution in [0.15, 0.2) is 36.4 Å². The zero-order chi connectivity index (χ0) is 18.5. The summed E-state index contributed by atoms with van der Waals surface area (Å²) in [6.07, 6.45) is 5.02. The van der Waals surface area contributed by atoms with Gasteiger partial charge in [0.2, 0.25) is 11.8 Å². The molecule has 2 aromatic rings. The van der Waals surface area contributed by atoms with Crippen molar-refractivity contribution in [1.82, 2.24) is 20.4 Å². The highest BCUT2D eigenvalue weighted by atomic mass is 35.5. The molecular formula is C19H21ClN4O2. The lowest BCUT2D eigenvalue weighted by molar-refractivity contribution is -0.122. The van der Waals surface area contributed by atoms with Crippen LogP contribution in [0.3, 0.4) is 0 Å². The predicted molar refractivity (Wildman–Crippen MR) is 101 cm³/mol. The quantitative estimate of drug-likeness (QED) is 0.579. The van der Waals surface area contributed by atoms with E-state index in [1.807, 2.05) is 37.3 Å². The maximum absolute atomic E-state index is 11.9. The monoisotopic (exact) mass is 372 g/mol. The summed E-state index contributed by atoms with van der Waals surface area (Å²) in [7, 11) is 0. The van der Waals surface area contributed by atoms with Crippen molar-refractivity contribution in [3.8, 4) is 5.69 Å². The summed E-state index contributed by atoms with van der Waals surface area (Å²) in [5.41, 5.74) is 2.29. The summed E-state index contributed by atoms with van der Waals surface area (Å²) in [4.78, 5) is 23.4. The second kappa shape index (κ2) is 8.19. The van der Waals surface area contributed by atoms with Gasteiger partial charge in [0.05, 0.1) is 11.4 Å². The van der Waals surface area contributed by atoms with E-state index < -0.39 is 0 Å². The van der Waals surface area contributed by atoms with Gasteiger partial charge < -0.3 is 10.6 Å². The number of hydrogen-bond donors (Lipinski definition) is 2. The topological polar surface area (TPSA) is 76.0 Å². The number of carbonyl (C=O) groups excluding carboxylic acids is 2. The number of nitrogens with zero attached hydrogens (tertiary/aromatic N) is 2. The van der Waals surface area contributed by atoms with Gasteiger partial charge in [0.1, 0.15) is 5.15 Å². The standard InChI is InChI=1S/C19H21ClN4O2/c1-13-16(18(20)24(23-13)15-5-3-2-4-6-15)9-10-17(25)21-11-12-22-19(26)14-7-8-14/h2-6,9-10,14H,7-8,11-12H2,1H3,(H,21,25)(H,22,26)/b10-9+. The molecule has 26 heavy (non-hydrogen) atoms. The van der Waals surface area contributed by atoms with E-state index in [2.05, 4.69) is 15.7 Å². The van der Waals surface area contributed by atoms with Gasteiger partial charge in [-0.25, -0.2) is 4.68 Å². The van der Waals surface area contributed by atoms with E-state index in [9.17, 15) is 9.59 Å². The van der Waals surface area contributed by atoms with Crippen molar-refractivity contribution in [2.24, 2.45) is 5.92 Å². The molecule has 0 saturated heterocycles. The second-order valence-electron chi connectivity index (χ2n) is 6.23. The third-order valence-corrected chi connectivity index (χ3v) is 4.49. The van der Waals surface area contributed by atoms with Gasteiger partial charge in [0, 0.05) is 30.6 Å². The fourth-order valence-corrected chi connectivity index (χ4v) is 2.86. The summed E-state index contributed by atoms with van der Waals surface area (Å²) >= 11 is 6.41. The molecule has 3 rings (SSSR count). The number of carbonyl (C=O) groups is 2. The Balaban J connectivity index is 1.55. The smallest absolute Gasteiger partial charge is 0.244 e. The Morgan fingerprint density at radius 2 is 1.92 bits per heavy atom. The lowest BCUT2D eigenvalue weighted by Gasteiger charge is -2.04. The maximum atomic E-state index is 11.9. The molecule has 7 heteroatoms. The van der Waals surface area contributed by atoms with E-state index >= 15 is 0 Å². The Bertz CT molecular complexity index is 826. The Labute approximate surface area is 157 Å². The lowest BCUT2D eigenvalue weighted by Crippen LogP contribution is -2.34. The van der Waals surface area contributed by atoms with Gasteiger partial charge in [-0.3, -0.25) is 9.59 Å². The van der Waals surface area contributed by atoms with Crippen LogP contribution in [0.25, 0.3) is 11.8 Å². The molecule has 1 aromatic carbocycles. The van der Waals surface area contributed by atoms with Crippen LogP contribution >= 0.6 is 11.6 Å². The Morgan fingerprint density at radius 1 is 1.23 bits per heavy atom. The molecule has 1 aromatic heterocycles. The molecule has 2 amide bonds. The van der Waals surface area contributed by atoms with E-state index in [-0.39, 0.29) is 17.7 Å². The first-order valence-electron chi connectivity index (χ1n) is 8.60. The van der Waals surface area contributed by atoms with Crippen LogP contribution in [0.1, 0.15) is 24.1 Å². The number of aryl methyl sites for hydroxylation is 1. The Hall–Kier alpha value is -2.60. The van der Waals surface area contributed by atoms with E-state index in [0.717, 1.165) is 24.2 Å². The highest BCUT2D eigenvalue weighted by Crippen LogP contribution is 2.28. The van der Waals surface area contributed by atoms with Gasteiger partial charge in [-0.15, -0.1) is 0 Å². The molecule has 0 atom stereocenters. The van der Waals surface area contributed by atoms with Crippen LogP contribution in [0.4, 0.5) is 0 Å². The number of amides is 2. The molecular weight excluding hydrogens is 352 g/mol. The van der Waals surface area contributed by atoms with Crippen LogP contribution in [0.5, 0.6) is 0 Å². The number of nitrogens with one attached hydrogen (secondary N) is 2. The van der Waals surface area contributed by atoms with Gasteiger partial charge in [-0.05, 0) is 38.0 Å². The van der Waals surface area contributed by atoms with Gasteiger partial charge in [-0.1, -0.05) is 29.8 Å². The molecule has 6 nitrogen and oxygen atoms in total. The molecule has 0 spiro atoms. The summed E-state index contributed by atoms with van der Waals surface area (Å²) in [6.45, 7) is 2.66. The second-order valence-corrected chi connectivity index (χ2v) is 6.58. The van der Waals surface area contributed by atoms with E-state index in [0.29, 0.717) is 23.8 Å². The van der Waals surface area contributed by atoms with Crippen LogP contribution in [0.2, 0.25) is 5.15 Å². The van der Waals surface area contributed by atoms with Crippen LogP contribution in [-0.4, -0.2) is 34.7 Å². The lowest BCUT2D eigenvalue weighted by atomic mass is 10.2. The predicted octanol–water partition coefficient (Wildman–Crippen LogP) is 2.49. The minimum atomic E-state index is -0.242. The first kappa shape index (κ1) is 18.2. The molecule has 1 aliphatic carbocycles. The van der Waals surface area contributed by atoms with Crippen molar-refractivity contribution in [3.05, 3.63) is 52.8 Å². The fourth-order valence-electron chi connectivity index (χ4n) is 2.52. The van der Waals surface area contributed by atoms with Gasteiger partial charge >= 0.3 is 0 Å². The first-order valence-corrected chi connectivity index (χ1v) is 8.98. The molecule has 2 N–H and O–H groups in total. The molecule has 0 unspecified atom stereocenters. The number of hydrogen-bond acceptors (Lipinski definition) is 3. The van der Waals surface area contributed by atoms with Crippen molar-refractivity contribution in [2.45, 2.75) is 19.8 Å². The molecule has 1 heterocycles. The average Bonchev–Trinajstić information content (AvgIpc) is 3.45. The minimum Gasteiger partial charge on any atom is -0.354 e. The average molecular weight is 373 g/mol. The van der Waals surface area contributed by atoms with E-state index in [1.54, 1.807) is 10.8 Å². The maximum Gasteiger partial charge on any atom is 0.244 e.